The number of benzene rings is 2. The average Bonchev–Trinajstić information content (AvgIpc) is 3.25. The Kier molecular flexibility index (Phi) is 8.31. The van der Waals surface area contributed by atoms with Gasteiger partial charge in [0.05, 0.1) is 25.2 Å². The maximum Gasteiger partial charge on any atom is 0.325 e. The summed E-state index contributed by atoms with van der Waals surface area (Å²) in [4.78, 5) is 40.9. The molecular weight excluding hydrogens is 520 g/mol. The van der Waals surface area contributed by atoms with Gasteiger partial charge in [-0.3, -0.25) is 19.1 Å². The van der Waals surface area contributed by atoms with Gasteiger partial charge in [0.1, 0.15) is 17.3 Å². The molecule has 13 heteroatoms. The van der Waals surface area contributed by atoms with Gasteiger partial charge < -0.3 is 19.8 Å². The number of carbonyl (C=O) groups is 1. The first-order chi connectivity index (χ1) is 17.9. The number of aromatic amines is 2. The molecule has 0 saturated heterocycles. The second-order valence-electron chi connectivity index (χ2n) is 7.63. The van der Waals surface area contributed by atoms with Crippen LogP contribution in [-0.2, 0) is 11.2 Å². The molecule has 192 valence electrons. The quantitative estimate of drug-likeness (QED) is 0.259. The van der Waals surface area contributed by atoms with Crippen LogP contribution in [0, 0.1) is 0 Å². The minimum Gasteiger partial charge on any atom is -0.495 e. The Hall–Kier alpha value is -4.03. The summed E-state index contributed by atoms with van der Waals surface area (Å²) in [6.45, 7) is 2.42. The minimum absolute atomic E-state index is 0.0205. The third-order valence-corrected chi connectivity index (χ3v) is 6.20. The highest BCUT2D eigenvalue weighted by atomic mass is 35.5. The third-order valence-electron chi connectivity index (χ3n) is 5.04. The summed E-state index contributed by atoms with van der Waals surface area (Å²) >= 11 is 7.22. The van der Waals surface area contributed by atoms with Crippen LogP contribution in [0.3, 0.4) is 0 Å². The third kappa shape index (κ3) is 6.60. The zero-order valence-corrected chi connectivity index (χ0v) is 21.5. The molecule has 0 radical (unpaired) electrons. The van der Waals surface area contributed by atoms with Crippen LogP contribution < -0.4 is 26.0 Å². The lowest BCUT2D eigenvalue weighted by atomic mass is 10.2. The number of hydrogen-bond acceptors (Lipinski definition) is 8. The van der Waals surface area contributed by atoms with Crippen molar-refractivity contribution < 1.29 is 14.3 Å². The number of aromatic nitrogens is 5. The number of nitrogens with zero attached hydrogens (tertiary/aromatic N) is 3. The molecule has 1 amide bonds. The Labute approximate surface area is 220 Å². The van der Waals surface area contributed by atoms with E-state index in [9.17, 15) is 14.4 Å². The maximum absolute atomic E-state index is 12.7. The molecule has 0 saturated carbocycles. The van der Waals surface area contributed by atoms with Gasteiger partial charge in [-0.2, -0.15) is 0 Å². The zero-order valence-electron chi connectivity index (χ0n) is 19.9. The van der Waals surface area contributed by atoms with E-state index in [0.717, 1.165) is 5.69 Å². The van der Waals surface area contributed by atoms with Gasteiger partial charge in [0.25, 0.3) is 5.56 Å². The molecule has 11 nitrogen and oxygen atoms in total. The molecule has 37 heavy (non-hydrogen) atoms. The Morgan fingerprint density at radius 1 is 1.11 bits per heavy atom. The fraction of sp³-hybridized carbons (Fsp3) is 0.208. The van der Waals surface area contributed by atoms with Crippen LogP contribution in [0.4, 0.5) is 5.69 Å². The lowest BCUT2D eigenvalue weighted by molar-refractivity contribution is -0.113. The summed E-state index contributed by atoms with van der Waals surface area (Å²) in [6, 6.07) is 13.5. The number of rotatable bonds is 10. The highest BCUT2D eigenvalue weighted by molar-refractivity contribution is 7.99. The van der Waals surface area contributed by atoms with Crippen LogP contribution in [0.1, 0.15) is 18.4 Å². The predicted octanol–water partition coefficient (Wildman–Crippen LogP) is 3.03. The predicted molar refractivity (Wildman–Crippen MR) is 140 cm³/mol. The van der Waals surface area contributed by atoms with Gasteiger partial charge in [0, 0.05) is 28.9 Å². The molecule has 3 N–H and O–H groups in total. The molecule has 0 spiro atoms. The van der Waals surface area contributed by atoms with Crippen LogP contribution in [0.2, 0.25) is 5.02 Å². The molecule has 0 aliphatic heterocycles. The van der Waals surface area contributed by atoms with Crippen LogP contribution in [0.25, 0.3) is 5.69 Å². The Bertz CT molecular complexity index is 1490. The van der Waals surface area contributed by atoms with Gasteiger partial charge >= 0.3 is 5.69 Å². The molecule has 2 aromatic carbocycles. The molecule has 0 fully saturated rings. The van der Waals surface area contributed by atoms with Gasteiger partial charge in [-0.15, -0.1) is 10.2 Å². The van der Waals surface area contributed by atoms with E-state index >= 15 is 0 Å². The number of amides is 1. The van der Waals surface area contributed by atoms with Crippen molar-refractivity contribution in [3.8, 4) is 17.2 Å². The molecule has 0 aliphatic rings. The van der Waals surface area contributed by atoms with Crippen molar-refractivity contribution >= 4 is 35.0 Å². The van der Waals surface area contributed by atoms with E-state index in [1.165, 1.54) is 24.9 Å². The number of hydrogen-bond donors (Lipinski definition) is 3. The van der Waals surface area contributed by atoms with Crippen molar-refractivity contribution in [3.63, 3.8) is 0 Å². The molecule has 0 aliphatic carbocycles. The van der Waals surface area contributed by atoms with E-state index < -0.39 is 11.2 Å². The molecule has 2 heterocycles. The number of halogens is 1. The lowest BCUT2D eigenvalue weighted by Gasteiger charge is -2.12. The van der Waals surface area contributed by atoms with E-state index in [2.05, 4.69) is 25.5 Å². The molecule has 0 unspecified atom stereocenters. The molecule has 4 aromatic rings. The first-order valence-electron chi connectivity index (χ1n) is 11.1. The van der Waals surface area contributed by atoms with E-state index in [1.54, 1.807) is 22.8 Å². The molecule has 0 bridgehead atoms. The minimum atomic E-state index is -0.614. The summed E-state index contributed by atoms with van der Waals surface area (Å²) in [5.74, 6) is 1.36. The normalized spacial score (nSPS) is 10.8. The average molecular weight is 543 g/mol. The largest absolute Gasteiger partial charge is 0.495 e. The van der Waals surface area contributed by atoms with E-state index in [4.69, 9.17) is 21.1 Å². The van der Waals surface area contributed by atoms with Crippen molar-refractivity contribution in [1.82, 2.24) is 24.7 Å². The highest BCUT2D eigenvalue weighted by Gasteiger charge is 2.18. The van der Waals surface area contributed by atoms with E-state index in [1.807, 2.05) is 31.2 Å². The summed E-state index contributed by atoms with van der Waals surface area (Å²) in [7, 11) is 1.50. The maximum atomic E-state index is 12.7. The molecule has 0 atom stereocenters. The number of carbonyl (C=O) groups excluding carboxylic acids is 1. The number of methoxy groups -OCH3 is 1. The Morgan fingerprint density at radius 3 is 2.59 bits per heavy atom. The van der Waals surface area contributed by atoms with Crippen molar-refractivity contribution in [2.75, 3.05) is 24.8 Å². The lowest BCUT2D eigenvalue weighted by Crippen LogP contribution is -2.23. The topological polar surface area (TPSA) is 144 Å². The van der Waals surface area contributed by atoms with Crippen LogP contribution in [0.15, 0.2) is 63.3 Å². The van der Waals surface area contributed by atoms with Gasteiger partial charge in [-0.1, -0.05) is 23.4 Å². The van der Waals surface area contributed by atoms with Crippen LogP contribution in [-0.4, -0.2) is 50.1 Å². The summed E-state index contributed by atoms with van der Waals surface area (Å²) in [5, 5.41) is 12.2. The fourth-order valence-electron chi connectivity index (χ4n) is 3.50. The number of nitrogens with one attached hydrogen (secondary N) is 3. The number of thioether (sulfide) groups is 1. The van der Waals surface area contributed by atoms with Crippen LogP contribution >= 0.6 is 23.4 Å². The SMILES string of the molecule is CCOc1ccc(-n2c(Cc3cc(=O)[nH]c(=O)[nH]3)nnc2SCC(=O)Nc2cc(Cl)ccc2OC)cc1. The Morgan fingerprint density at radius 2 is 1.89 bits per heavy atom. The second kappa shape index (κ2) is 11.8. The molecule has 4 rings (SSSR count). The van der Waals surface area contributed by atoms with Gasteiger partial charge in [0.15, 0.2) is 5.16 Å². The van der Waals surface area contributed by atoms with Crippen molar-refractivity contribution in [2.24, 2.45) is 0 Å². The smallest absolute Gasteiger partial charge is 0.325 e. The standard InChI is InChI=1S/C24H23ClN6O5S/c1-3-36-17-7-5-16(6-8-17)31-20(11-15-12-21(32)28-23(34)26-15)29-30-24(31)37-13-22(33)27-18-10-14(25)4-9-19(18)35-2/h4-10,12H,3,11,13H2,1-2H3,(H,27,33)(H2,26,28,32,34). The first-order valence-corrected chi connectivity index (χ1v) is 12.5. The molecular formula is C24H23ClN6O5S. The van der Waals surface area contributed by atoms with Gasteiger partial charge in [-0.25, -0.2) is 4.79 Å². The van der Waals surface area contributed by atoms with Gasteiger partial charge in [-0.05, 0) is 49.4 Å². The zero-order chi connectivity index (χ0) is 26.4. The Balaban J connectivity index is 1.60. The summed E-state index contributed by atoms with van der Waals surface area (Å²) < 4.78 is 12.6. The van der Waals surface area contributed by atoms with Gasteiger partial charge in [0.2, 0.25) is 5.91 Å². The van der Waals surface area contributed by atoms with Crippen molar-refractivity contribution in [2.45, 2.75) is 18.5 Å². The van der Waals surface area contributed by atoms with Crippen molar-refractivity contribution in [1.29, 1.82) is 0 Å². The second-order valence-corrected chi connectivity index (χ2v) is 9.01. The summed E-state index contributed by atoms with van der Waals surface area (Å²) in [5.41, 5.74) is 0.407. The number of anilines is 1. The number of H-pyrrole nitrogens is 2. The monoisotopic (exact) mass is 542 g/mol. The highest BCUT2D eigenvalue weighted by Crippen LogP contribution is 2.29. The first kappa shape index (κ1) is 26.0. The van der Waals surface area contributed by atoms with Crippen molar-refractivity contribution in [3.05, 3.63) is 85.9 Å². The van der Waals surface area contributed by atoms with E-state index in [0.29, 0.717) is 45.5 Å². The van der Waals surface area contributed by atoms with Crippen LogP contribution in [0.5, 0.6) is 11.5 Å². The summed E-state index contributed by atoms with van der Waals surface area (Å²) in [6.07, 6.45) is 0.131. The molecule has 2 aromatic heterocycles. The number of ether oxygens (including phenoxy) is 2. The fourth-order valence-corrected chi connectivity index (χ4v) is 4.45. The van der Waals surface area contributed by atoms with E-state index in [-0.39, 0.29) is 18.1 Å².